The minimum atomic E-state index is -3.71. The Morgan fingerprint density at radius 3 is 2.37 bits per heavy atom. The third-order valence-corrected chi connectivity index (χ3v) is 6.79. The Bertz CT molecular complexity index is 1020. The predicted octanol–water partition coefficient (Wildman–Crippen LogP) is 2.17. The second-order valence-electron chi connectivity index (χ2n) is 6.95. The van der Waals surface area contributed by atoms with Crippen molar-refractivity contribution >= 4 is 27.8 Å². The van der Waals surface area contributed by atoms with Crippen LogP contribution in [0.5, 0.6) is 0 Å². The van der Waals surface area contributed by atoms with Gasteiger partial charge in [0.2, 0.25) is 5.91 Å². The number of hydrogen-bond acceptors (Lipinski definition) is 5. The number of nitrogens with one attached hydrogen (secondary N) is 1. The van der Waals surface area contributed by atoms with Gasteiger partial charge < -0.3 is 10.1 Å². The van der Waals surface area contributed by atoms with Gasteiger partial charge in [0, 0.05) is 25.3 Å². The van der Waals surface area contributed by atoms with Crippen LogP contribution in [-0.2, 0) is 26.3 Å². The number of ether oxygens (including phenoxy) is 1. The first-order valence-corrected chi connectivity index (χ1v) is 11.1. The van der Waals surface area contributed by atoms with E-state index in [1.54, 1.807) is 31.2 Å². The first kappa shape index (κ1) is 21.9. The van der Waals surface area contributed by atoms with Crippen LogP contribution in [0.4, 0.5) is 5.69 Å². The van der Waals surface area contributed by atoms with Crippen molar-refractivity contribution in [3.05, 3.63) is 65.2 Å². The Morgan fingerprint density at radius 2 is 1.70 bits per heavy atom. The monoisotopic (exact) mass is 431 g/mol. The molecule has 0 aliphatic carbocycles. The fourth-order valence-corrected chi connectivity index (χ4v) is 4.71. The van der Waals surface area contributed by atoms with Gasteiger partial charge in [0.15, 0.2) is 0 Å². The SMILES string of the molecule is CCOC(=O)c1ccc(NC(=O)CN2CCN(Cc3ccccc3C)S2(=O)=O)cc1. The second kappa shape index (κ2) is 9.38. The Hall–Kier alpha value is -2.75. The number of benzene rings is 2. The highest BCUT2D eigenvalue weighted by atomic mass is 32.2. The molecule has 0 saturated carbocycles. The number of aryl methyl sites for hydroxylation is 1. The van der Waals surface area contributed by atoms with Crippen LogP contribution in [0.2, 0.25) is 0 Å². The Balaban J connectivity index is 1.59. The molecule has 160 valence electrons. The number of esters is 1. The van der Waals surface area contributed by atoms with Gasteiger partial charge in [-0.25, -0.2) is 4.79 Å². The Morgan fingerprint density at radius 1 is 1.03 bits per heavy atom. The van der Waals surface area contributed by atoms with Crippen molar-refractivity contribution in [1.82, 2.24) is 8.61 Å². The highest BCUT2D eigenvalue weighted by Gasteiger charge is 2.37. The fraction of sp³-hybridized carbons (Fsp3) is 0.333. The minimum Gasteiger partial charge on any atom is -0.462 e. The van der Waals surface area contributed by atoms with E-state index in [9.17, 15) is 18.0 Å². The quantitative estimate of drug-likeness (QED) is 0.678. The topological polar surface area (TPSA) is 96.0 Å². The van der Waals surface area contributed by atoms with Gasteiger partial charge in [0.25, 0.3) is 10.2 Å². The summed E-state index contributed by atoms with van der Waals surface area (Å²) >= 11 is 0. The van der Waals surface area contributed by atoms with Gasteiger partial charge in [-0.15, -0.1) is 0 Å². The average Bonchev–Trinajstić information content (AvgIpc) is 2.98. The maximum absolute atomic E-state index is 12.8. The third-order valence-electron chi connectivity index (χ3n) is 4.86. The average molecular weight is 432 g/mol. The molecule has 1 aliphatic rings. The molecule has 9 heteroatoms. The third kappa shape index (κ3) is 5.05. The molecular formula is C21H25N3O5S. The molecule has 1 N–H and O–H groups in total. The van der Waals surface area contributed by atoms with Crippen LogP contribution in [0, 0.1) is 6.92 Å². The molecule has 0 unspecified atom stereocenters. The van der Waals surface area contributed by atoms with E-state index in [0.717, 1.165) is 11.1 Å². The van der Waals surface area contributed by atoms with Crippen molar-refractivity contribution in [2.45, 2.75) is 20.4 Å². The zero-order valence-electron chi connectivity index (χ0n) is 17.0. The number of carbonyl (C=O) groups is 2. The lowest BCUT2D eigenvalue weighted by Crippen LogP contribution is -2.37. The highest BCUT2D eigenvalue weighted by molar-refractivity contribution is 7.87. The summed E-state index contributed by atoms with van der Waals surface area (Å²) in [6.45, 7) is 4.54. The van der Waals surface area contributed by atoms with E-state index in [-0.39, 0.29) is 26.2 Å². The molecular weight excluding hydrogens is 406 g/mol. The first-order chi connectivity index (χ1) is 14.3. The van der Waals surface area contributed by atoms with E-state index in [2.05, 4.69) is 5.32 Å². The summed E-state index contributed by atoms with van der Waals surface area (Å²) in [5.41, 5.74) is 2.81. The van der Waals surface area contributed by atoms with E-state index in [1.165, 1.54) is 8.61 Å². The summed E-state index contributed by atoms with van der Waals surface area (Å²) in [5.74, 6) is -0.882. The number of hydrogen-bond donors (Lipinski definition) is 1. The van der Waals surface area contributed by atoms with Crippen LogP contribution in [0.25, 0.3) is 0 Å². The van der Waals surface area contributed by atoms with Gasteiger partial charge in [-0.1, -0.05) is 24.3 Å². The number of nitrogens with zero attached hydrogens (tertiary/aromatic N) is 2. The summed E-state index contributed by atoms with van der Waals surface area (Å²) in [7, 11) is -3.71. The number of anilines is 1. The van der Waals surface area contributed by atoms with Crippen LogP contribution >= 0.6 is 0 Å². The molecule has 1 saturated heterocycles. The summed E-state index contributed by atoms with van der Waals surface area (Å²) in [4.78, 5) is 24.0. The first-order valence-electron chi connectivity index (χ1n) is 9.68. The molecule has 30 heavy (non-hydrogen) atoms. The van der Waals surface area contributed by atoms with E-state index < -0.39 is 22.1 Å². The lowest BCUT2D eigenvalue weighted by atomic mass is 10.1. The van der Waals surface area contributed by atoms with Gasteiger partial charge in [0.1, 0.15) is 0 Å². The lowest BCUT2D eigenvalue weighted by Gasteiger charge is -2.19. The standard InChI is InChI=1S/C21H25N3O5S/c1-3-29-21(26)17-8-10-19(11-9-17)22-20(25)15-24-13-12-23(30(24,27)28)14-18-7-5-4-6-16(18)2/h4-11H,3,12-15H2,1-2H3,(H,22,25). The number of rotatable bonds is 7. The summed E-state index contributed by atoms with van der Waals surface area (Å²) in [6.07, 6.45) is 0. The van der Waals surface area contributed by atoms with Gasteiger partial charge in [0.05, 0.1) is 18.7 Å². The molecule has 0 spiro atoms. The Labute approximate surface area is 176 Å². The van der Waals surface area contributed by atoms with Crippen LogP contribution < -0.4 is 5.32 Å². The Kier molecular flexibility index (Phi) is 6.86. The lowest BCUT2D eigenvalue weighted by molar-refractivity contribution is -0.116. The van der Waals surface area contributed by atoms with Gasteiger partial charge in [-0.2, -0.15) is 17.0 Å². The maximum Gasteiger partial charge on any atom is 0.338 e. The van der Waals surface area contributed by atoms with Crippen molar-refractivity contribution in [2.75, 3.05) is 31.6 Å². The van der Waals surface area contributed by atoms with Crippen molar-refractivity contribution in [1.29, 1.82) is 0 Å². The molecule has 3 rings (SSSR count). The van der Waals surface area contributed by atoms with Crippen molar-refractivity contribution in [2.24, 2.45) is 0 Å². The number of carbonyl (C=O) groups excluding carboxylic acids is 2. The fourth-order valence-electron chi connectivity index (χ4n) is 3.18. The second-order valence-corrected chi connectivity index (χ2v) is 8.88. The molecule has 0 bridgehead atoms. The van der Waals surface area contributed by atoms with Gasteiger partial charge >= 0.3 is 5.97 Å². The normalized spacial score (nSPS) is 16.3. The number of amides is 1. The van der Waals surface area contributed by atoms with Crippen molar-refractivity contribution in [3.8, 4) is 0 Å². The van der Waals surface area contributed by atoms with E-state index in [4.69, 9.17) is 4.74 Å². The maximum atomic E-state index is 12.8. The van der Waals surface area contributed by atoms with E-state index in [1.807, 2.05) is 31.2 Å². The summed E-state index contributed by atoms with van der Waals surface area (Å²) < 4.78 is 33.1. The molecule has 0 atom stereocenters. The molecule has 1 fully saturated rings. The van der Waals surface area contributed by atoms with Gasteiger partial charge in [-0.3, -0.25) is 4.79 Å². The van der Waals surface area contributed by atoms with Crippen LogP contribution in [0.1, 0.15) is 28.4 Å². The molecule has 1 amide bonds. The van der Waals surface area contributed by atoms with E-state index >= 15 is 0 Å². The summed E-state index contributed by atoms with van der Waals surface area (Å²) in [5, 5.41) is 2.66. The molecule has 8 nitrogen and oxygen atoms in total. The molecule has 1 aliphatic heterocycles. The van der Waals surface area contributed by atoms with E-state index in [0.29, 0.717) is 17.8 Å². The molecule has 2 aromatic rings. The zero-order chi connectivity index (χ0) is 21.7. The van der Waals surface area contributed by atoms with Crippen molar-refractivity contribution < 1.29 is 22.7 Å². The molecule has 1 heterocycles. The molecule has 0 aromatic heterocycles. The van der Waals surface area contributed by atoms with Crippen LogP contribution in [0.3, 0.4) is 0 Å². The molecule has 2 aromatic carbocycles. The smallest absolute Gasteiger partial charge is 0.338 e. The zero-order valence-corrected chi connectivity index (χ0v) is 17.8. The largest absolute Gasteiger partial charge is 0.462 e. The van der Waals surface area contributed by atoms with Gasteiger partial charge in [-0.05, 0) is 49.2 Å². The summed E-state index contributed by atoms with van der Waals surface area (Å²) in [6, 6.07) is 13.9. The predicted molar refractivity (Wildman–Crippen MR) is 113 cm³/mol. The van der Waals surface area contributed by atoms with Crippen molar-refractivity contribution in [3.63, 3.8) is 0 Å². The van der Waals surface area contributed by atoms with Crippen LogP contribution in [-0.4, -0.2) is 55.1 Å². The molecule has 0 radical (unpaired) electrons. The van der Waals surface area contributed by atoms with Crippen LogP contribution in [0.15, 0.2) is 48.5 Å². The minimum absolute atomic E-state index is 0.253. The highest BCUT2D eigenvalue weighted by Crippen LogP contribution is 2.21.